The molecule has 0 saturated carbocycles. The van der Waals surface area contributed by atoms with E-state index in [1.54, 1.807) is 12.3 Å². The van der Waals surface area contributed by atoms with Crippen molar-refractivity contribution in [1.29, 1.82) is 0 Å². The van der Waals surface area contributed by atoms with Crippen LogP contribution in [-0.2, 0) is 16.0 Å². The van der Waals surface area contributed by atoms with Crippen LogP contribution in [0, 0.1) is 13.8 Å². The Labute approximate surface area is 175 Å². The molecule has 2 heterocycles. The highest BCUT2D eigenvalue weighted by molar-refractivity contribution is 6.39. The second-order valence-corrected chi connectivity index (χ2v) is 7.51. The van der Waals surface area contributed by atoms with Crippen LogP contribution in [0.3, 0.4) is 0 Å². The Kier molecular flexibility index (Phi) is 5.57. The van der Waals surface area contributed by atoms with Gasteiger partial charge in [0, 0.05) is 24.5 Å². The van der Waals surface area contributed by atoms with E-state index in [1.165, 1.54) is 5.56 Å². The van der Waals surface area contributed by atoms with Crippen molar-refractivity contribution in [3.63, 3.8) is 0 Å². The van der Waals surface area contributed by atoms with Crippen LogP contribution in [0.1, 0.15) is 28.5 Å². The number of fused-ring (bicyclic) bond motifs is 1. The third-order valence-corrected chi connectivity index (χ3v) is 5.69. The van der Waals surface area contributed by atoms with E-state index >= 15 is 0 Å². The maximum Gasteiger partial charge on any atom is 0.313 e. The van der Waals surface area contributed by atoms with Crippen LogP contribution >= 0.6 is 0 Å². The van der Waals surface area contributed by atoms with Gasteiger partial charge in [-0.3, -0.25) is 9.59 Å². The molecule has 2 amide bonds. The Balaban J connectivity index is 1.46. The molecule has 2 N–H and O–H groups in total. The number of anilines is 2. The van der Waals surface area contributed by atoms with E-state index in [0.29, 0.717) is 5.69 Å². The highest BCUT2D eigenvalue weighted by Crippen LogP contribution is 2.34. The Bertz CT molecular complexity index is 1060. The smallest absolute Gasteiger partial charge is 0.313 e. The summed E-state index contributed by atoms with van der Waals surface area (Å²) in [6, 6.07) is 17.4. The van der Waals surface area contributed by atoms with Gasteiger partial charge < -0.3 is 20.0 Å². The van der Waals surface area contributed by atoms with Crippen LogP contribution in [0.5, 0.6) is 0 Å². The first-order valence-corrected chi connectivity index (χ1v) is 10.1. The molecule has 154 valence electrons. The highest BCUT2D eigenvalue weighted by atomic mass is 16.3. The van der Waals surface area contributed by atoms with E-state index in [2.05, 4.69) is 27.7 Å². The van der Waals surface area contributed by atoms with E-state index in [9.17, 15) is 9.59 Å². The molecule has 30 heavy (non-hydrogen) atoms. The van der Waals surface area contributed by atoms with E-state index < -0.39 is 11.8 Å². The minimum Gasteiger partial charge on any atom is -0.467 e. The normalized spacial score (nSPS) is 13.6. The summed E-state index contributed by atoms with van der Waals surface area (Å²) < 4.78 is 5.65. The summed E-state index contributed by atoms with van der Waals surface area (Å²) in [6.45, 7) is 4.98. The first kappa shape index (κ1) is 19.8. The number of benzene rings is 2. The first-order valence-electron chi connectivity index (χ1n) is 10.1. The fourth-order valence-electron chi connectivity index (χ4n) is 3.87. The number of rotatable bonds is 5. The summed E-state index contributed by atoms with van der Waals surface area (Å²) in [4.78, 5) is 27.2. The number of hydrogen-bond acceptors (Lipinski definition) is 4. The zero-order valence-electron chi connectivity index (χ0n) is 17.1. The summed E-state index contributed by atoms with van der Waals surface area (Å²) in [6.07, 6.45) is 2.56. The lowest BCUT2D eigenvalue weighted by atomic mass is 10.1. The van der Waals surface area contributed by atoms with Gasteiger partial charge in [0.2, 0.25) is 0 Å². The Morgan fingerprint density at radius 2 is 1.87 bits per heavy atom. The van der Waals surface area contributed by atoms with Crippen LogP contribution < -0.4 is 15.5 Å². The van der Waals surface area contributed by atoms with Crippen LogP contribution in [0.15, 0.2) is 65.3 Å². The van der Waals surface area contributed by atoms with E-state index in [-0.39, 0.29) is 12.6 Å². The Morgan fingerprint density at radius 3 is 2.67 bits per heavy atom. The molecule has 2 aromatic carbocycles. The third-order valence-electron chi connectivity index (χ3n) is 5.69. The predicted octanol–water partition coefficient (Wildman–Crippen LogP) is 3.76. The monoisotopic (exact) mass is 403 g/mol. The number of furan rings is 1. The van der Waals surface area contributed by atoms with Gasteiger partial charge >= 0.3 is 11.8 Å². The molecule has 0 saturated heterocycles. The maximum absolute atomic E-state index is 12.5. The third kappa shape index (κ3) is 3.94. The van der Waals surface area contributed by atoms with E-state index in [1.807, 2.05) is 50.2 Å². The van der Waals surface area contributed by atoms with Gasteiger partial charge in [-0.05, 0) is 61.2 Å². The van der Waals surface area contributed by atoms with Crippen molar-refractivity contribution in [3.8, 4) is 0 Å². The number of hydrogen-bond donors (Lipinski definition) is 2. The molecule has 1 aromatic heterocycles. The molecule has 1 aliphatic rings. The van der Waals surface area contributed by atoms with Gasteiger partial charge in [-0.2, -0.15) is 0 Å². The Morgan fingerprint density at radius 1 is 1.03 bits per heavy atom. The van der Waals surface area contributed by atoms with Gasteiger partial charge in [0.1, 0.15) is 11.8 Å². The van der Waals surface area contributed by atoms with Crippen molar-refractivity contribution >= 4 is 23.2 Å². The molecule has 0 unspecified atom stereocenters. The second kappa shape index (κ2) is 8.45. The molecule has 0 aliphatic carbocycles. The minimum absolute atomic E-state index is 0.193. The molecular formula is C24H25N3O3. The summed E-state index contributed by atoms with van der Waals surface area (Å²) in [5.74, 6) is -0.592. The van der Waals surface area contributed by atoms with Crippen LogP contribution in [0.25, 0.3) is 0 Å². The van der Waals surface area contributed by atoms with Crippen molar-refractivity contribution in [2.24, 2.45) is 0 Å². The first-order chi connectivity index (χ1) is 14.5. The van der Waals surface area contributed by atoms with Gasteiger partial charge in [-0.25, -0.2) is 0 Å². The van der Waals surface area contributed by atoms with E-state index in [0.717, 1.165) is 35.5 Å². The zero-order valence-corrected chi connectivity index (χ0v) is 17.1. The van der Waals surface area contributed by atoms with Gasteiger partial charge in [0.05, 0.1) is 6.26 Å². The highest BCUT2D eigenvalue weighted by Gasteiger charge is 2.29. The molecule has 0 bridgehead atoms. The second-order valence-electron chi connectivity index (χ2n) is 7.51. The summed E-state index contributed by atoms with van der Waals surface area (Å²) in [5.41, 5.74) is 5.05. The standard InChI is InChI=1S/C24H25N3O3/c1-16-7-5-9-19(17(16)2)26-24(29)23(28)25-15-21(22-11-6-14-30-22)27-13-12-18-8-3-4-10-20(18)27/h3-11,14,21H,12-13,15H2,1-2H3,(H,25,28)(H,26,29)/t21-/m1/s1. The summed E-state index contributed by atoms with van der Waals surface area (Å²) in [7, 11) is 0. The van der Waals surface area contributed by atoms with Crippen LogP contribution in [0.4, 0.5) is 11.4 Å². The molecule has 6 nitrogen and oxygen atoms in total. The molecule has 1 atom stereocenters. The molecule has 1 aliphatic heterocycles. The summed E-state index contributed by atoms with van der Waals surface area (Å²) >= 11 is 0. The minimum atomic E-state index is -0.677. The van der Waals surface area contributed by atoms with Crippen LogP contribution in [0.2, 0.25) is 0 Å². The summed E-state index contributed by atoms with van der Waals surface area (Å²) in [5, 5.41) is 5.49. The number of carbonyl (C=O) groups excluding carboxylic acids is 2. The zero-order chi connectivity index (χ0) is 21.1. The lowest BCUT2D eigenvalue weighted by Gasteiger charge is -2.29. The lowest BCUT2D eigenvalue weighted by Crippen LogP contribution is -2.41. The fraction of sp³-hybridized carbons (Fsp3) is 0.250. The number of para-hydroxylation sites is 1. The molecular weight excluding hydrogens is 378 g/mol. The van der Waals surface area contributed by atoms with Crippen molar-refractivity contribution in [2.45, 2.75) is 26.3 Å². The maximum atomic E-state index is 12.5. The van der Waals surface area contributed by atoms with Gasteiger partial charge in [0.15, 0.2) is 0 Å². The average molecular weight is 403 g/mol. The molecule has 0 radical (unpaired) electrons. The lowest BCUT2D eigenvalue weighted by molar-refractivity contribution is -0.136. The predicted molar refractivity (Wildman–Crippen MR) is 116 cm³/mol. The van der Waals surface area contributed by atoms with Crippen molar-refractivity contribution in [3.05, 3.63) is 83.3 Å². The van der Waals surface area contributed by atoms with Crippen molar-refractivity contribution in [2.75, 3.05) is 23.3 Å². The van der Waals surface area contributed by atoms with Gasteiger partial charge in [-0.15, -0.1) is 0 Å². The quantitative estimate of drug-likeness (QED) is 0.636. The number of amides is 2. The fourth-order valence-corrected chi connectivity index (χ4v) is 3.87. The van der Waals surface area contributed by atoms with Crippen LogP contribution in [-0.4, -0.2) is 24.9 Å². The van der Waals surface area contributed by atoms with Gasteiger partial charge in [0.25, 0.3) is 0 Å². The number of nitrogens with zero attached hydrogens (tertiary/aromatic N) is 1. The number of nitrogens with one attached hydrogen (secondary N) is 2. The van der Waals surface area contributed by atoms with E-state index in [4.69, 9.17) is 4.42 Å². The SMILES string of the molecule is Cc1cccc(NC(=O)C(=O)NC[C@H](c2ccco2)N2CCc3ccccc32)c1C. The molecule has 0 spiro atoms. The molecule has 4 rings (SSSR count). The largest absolute Gasteiger partial charge is 0.467 e. The average Bonchev–Trinajstić information content (AvgIpc) is 3.42. The van der Waals surface area contributed by atoms with Crippen molar-refractivity contribution in [1.82, 2.24) is 5.32 Å². The number of carbonyl (C=O) groups is 2. The van der Waals surface area contributed by atoms with Crippen molar-refractivity contribution < 1.29 is 14.0 Å². The van der Waals surface area contributed by atoms with Gasteiger partial charge in [-0.1, -0.05) is 30.3 Å². The Hall–Kier alpha value is -3.54. The molecule has 6 heteroatoms. The topological polar surface area (TPSA) is 74.6 Å². The molecule has 0 fully saturated rings. The molecule has 3 aromatic rings. The number of aryl methyl sites for hydroxylation is 1.